The Balaban J connectivity index is 0.000000580. The highest BCUT2D eigenvalue weighted by Gasteiger charge is 2.37. The fourth-order valence-corrected chi connectivity index (χ4v) is 5.05. The molecule has 2 atom stereocenters. The summed E-state index contributed by atoms with van der Waals surface area (Å²) in [5.41, 5.74) is -5.65. The van der Waals surface area contributed by atoms with Gasteiger partial charge < -0.3 is 23.5 Å². The van der Waals surface area contributed by atoms with Gasteiger partial charge in [0, 0.05) is 13.8 Å². The summed E-state index contributed by atoms with van der Waals surface area (Å²) in [6.45, 7) is 10.8. The minimum atomic E-state index is -6.09. The molecule has 0 heterocycles. The van der Waals surface area contributed by atoms with Crippen LogP contribution < -0.4 is 9.47 Å². The number of benzene rings is 3. The van der Waals surface area contributed by atoms with Gasteiger partial charge in [-0.3, -0.25) is 0 Å². The van der Waals surface area contributed by atoms with E-state index >= 15 is 0 Å². The average molecular weight is 585 g/mol. The molecule has 0 N–H and O–H groups in total. The second kappa shape index (κ2) is 14.5. The molecule has 0 amide bonds. The average Bonchev–Trinajstić information content (AvgIpc) is 2.86. The Morgan fingerprint density at radius 2 is 1.08 bits per heavy atom. The third-order valence-corrected chi connectivity index (χ3v) is 7.36. The first-order chi connectivity index (χ1) is 18.4. The quantitative estimate of drug-likeness (QED) is 0.0824. The van der Waals surface area contributed by atoms with E-state index in [1.54, 1.807) is 0 Å². The third-order valence-electron chi connectivity index (χ3n) is 4.56. The van der Waals surface area contributed by atoms with E-state index in [2.05, 4.69) is 61.7 Å². The van der Waals surface area contributed by atoms with Gasteiger partial charge in [0.15, 0.2) is 24.8 Å². The van der Waals surface area contributed by atoms with E-state index in [0.29, 0.717) is 0 Å². The first kappa shape index (κ1) is 31.6. The molecule has 7 nitrogen and oxygen atoms in total. The van der Waals surface area contributed by atoms with E-state index in [0.717, 1.165) is 11.5 Å². The molecule has 3 rings (SSSR count). The normalized spacial score (nSPS) is 13.5. The van der Waals surface area contributed by atoms with Crippen LogP contribution in [-0.4, -0.2) is 31.1 Å². The van der Waals surface area contributed by atoms with Gasteiger partial charge >= 0.3 is 5.51 Å². The maximum absolute atomic E-state index is 10.7. The summed E-state index contributed by atoms with van der Waals surface area (Å²) in [5.74, 6) is 1.49. The number of rotatable bonds is 11. The van der Waals surface area contributed by atoms with E-state index in [4.69, 9.17) is 31.9 Å². The fourth-order valence-electron chi connectivity index (χ4n) is 2.98. The minimum Gasteiger partial charge on any atom is -0.741 e. The molecule has 0 fully saturated rings. The maximum Gasteiger partial charge on any atom is 0.485 e. The van der Waals surface area contributed by atoms with Gasteiger partial charge in [-0.1, -0.05) is 31.4 Å². The molecule has 0 spiro atoms. The lowest BCUT2D eigenvalue weighted by Crippen LogP contribution is -2.21. The van der Waals surface area contributed by atoms with Crippen molar-refractivity contribution in [3.05, 3.63) is 105 Å². The van der Waals surface area contributed by atoms with Crippen molar-refractivity contribution in [3.63, 3.8) is 0 Å². The summed E-state index contributed by atoms with van der Waals surface area (Å²) < 4.78 is 80.9. The van der Waals surface area contributed by atoms with Crippen molar-refractivity contribution >= 4 is 21.0 Å². The van der Waals surface area contributed by atoms with Crippen LogP contribution in [0.15, 0.2) is 119 Å². The zero-order valence-electron chi connectivity index (χ0n) is 21.0. The van der Waals surface area contributed by atoms with Gasteiger partial charge in [-0.05, 0) is 60.7 Å². The number of hydrogen-bond donors (Lipinski definition) is 0. The van der Waals surface area contributed by atoms with Gasteiger partial charge in [0.25, 0.3) is 0 Å². The predicted octanol–water partition coefficient (Wildman–Crippen LogP) is 6.60. The molecule has 0 saturated heterocycles. The molecule has 0 aliphatic heterocycles. The summed E-state index contributed by atoms with van der Waals surface area (Å²) in [4.78, 5) is 3.61. The van der Waals surface area contributed by atoms with Gasteiger partial charge in [-0.2, -0.15) is 13.2 Å². The number of alkyl halides is 3. The lowest BCUT2D eigenvalue weighted by atomic mass is 10.3. The smallest absolute Gasteiger partial charge is 0.485 e. The van der Waals surface area contributed by atoms with Gasteiger partial charge in [0.1, 0.15) is 11.5 Å². The second-order valence-electron chi connectivity index (χ2n) is 7.44. The van der Waals surface area contributed by atoms with Crippen molar-refractivity contribution < 1.29 is 45.1 Å². The van der Waals surface area contributed by atoms with Gasteiger partial charge in [0.2, 0.25) is 12.6 Å². The molecule has 0 saturated carbocycles. The van der Waals surface area contributed by atoms with Crippen molar-refractivity contribution in [2.45, 2.75) is 46.6 Å². The first-order valence-corrected chi connectivity index (χ1v) is 13.9. The summed E-state index contributed by atoms with van der Waals surface area (Å²) in [5, 5.41) is 0. The Morgan fingerprint density at radius 1 is 0.744 bits per heavy atom. The topological polar surface area (TPSA) is 94.1 Å². The SMILES string of the molecule is C=COC(C)Oc1ccc([S+](c2ccccc2)c2ccc(OC(C)OC=C)cc2)cc1.O=S(=O)([O-])C(F)(F)F. The molecule has 0 aliphatic carbocycles. The van der Waals surface area contributed by atoms with Crippen molar-refractivity contribution in [2.24, 2.45) is 0 Å². The third kappa shape index (κ3) is 10.2. The number of halogens is 3. The molecular formula is C27H27F3O7S2. The largest absolute Gasteiger partial charge is 0.741 e. The van der Waals surface area contributed by atoms with Crippen LogP contribution >= 0.6 is 0 Å². The summed E-state index contributed by atoms with van der Waals surface area (Å²) in [7, 11) is -6.36. The van der Waals surface area contributed by atoms with E-state index in [9.17, 15) is 13.2 Å². The molecule has 3 aromatic rings. The molecule has 2 unspecified atom stereocenters. The summed E-state index contributed by atoms with van der Waals surface area (Å²) >= 11 is 0. The van der Waals surface area contributed by atoms with Crippen molar-refractivity contribution in [3.8, 4) is 11.5 Å². The molecule has 3 aromatic carbocycles. The zero-order chi connectivity index (χ0) is 29.1. The highest BCUT2D eigenvalue weighted by molar-refractivity contribution is 7.97. The van der Waals surface area contributed by atoms with Crippen LogP contribution in [0.2, 0.25) is 0 Å². The summed E-state index contributed by atoms with van der Waals surface area (Å²) in [6, 6.07) is 26.7. The van der Waals surface area contributed by atoms with Gasteiger partial charge in [0.05, 0.1) is 23.4 Å². The maximum atomic E-state index is 10.7. The van der Waals surface area contributed by atoms with Crippen LogP contribution in [0.25, 0.3) is 0 Å². The molecule has 0 bridgehead atoms. The lowest BCUT2D eigenvalue weighted by molar-refractivity contribution is -0.0518. The zero-order valence-corrected chi connectivity index (χ0v) is 22.7. The summed E-state index contributed by atoms with van der Waals surface area (Å²) in [6.07, 6.45) is 1.97. The van der Waals surface area contributed by atoms with Crippen LogP contribution in [-0.2, 0) is 30.5 Å². The van der Waals surface area contributed by atoms with Crippen LogP contribution in [0.1, 0.15) is 13.8 Å². The molecule has 0 aromatic heterocycles. The van der Waals surface area contributed by atoms with Crippen LogP contribution in [0.5, 0.6) is 11.5 Å². The second-order valence-corrected chi connectivity index (χ2v) is 10.8. The lowest BCUT2D eigenvalue weighted by Gasteiger charge is -2.15. The first-order valence-electron chi connectivity index (χ1n) is 11.2. The predicted molar refractivity (Wildman–Crippen MR) is 140 cm³/mol. The van der Waals surface area contributed by atoms with Gasteiger partial charge in [-0.15, -0.1) is 0 Å². The Kier molecular flexibility index (Phi) is 11.8. The molecule has 210 valence electrons. The Hall–Kier alpha value is -3.61. The van der Waals surface area contributed by atoms with Crippen LogP contribution in [0.4, 0.5) is 13.2 Å². The molecule has 12 heteroatoms. The van der Waals surface area contributed by atoms with E-state index in [1.807, 2.05) is 44.2 Å². The van der Waals surface area contributed by atoms with Crippen molar-refractivity contribution in [1.82, 2.24) is 0 Å². The van der Waals surface area contributed by atoms with E-state index in [-0.39, 0.29) is 10.9 Å². The molecule has 0 aliphatic rings. The fraction of sp³-hybridized carbons (Fsp3) is 0.185. The van der Waals surface area contributed by atoms with E-state index < -0.39 is 28.2 Å². The monoisotopic (exact) mass is 584 g/mol. The highest BCUT2D eigenvalue weighted by atomic mass is 32.2. The van der Waals surface area contributed by atoms with E-state index in [1.165, 1.54) is 27.2 Å². The Bertz CT molecular complexity index is 1220. The Morgan fingerprint density at radius 3 is 1.38 bits per heavy atom. The van der Waals surface area contributed by atoms with Crippen molar-refractivity contribution in [2.75, 3.05) is 0 Å². The molecule has 0 radical (unpaired) electrons. The minimum absolute atomic E-state index is 0.269. The standard InChI is InChI=1S/C26H27O4S.CHF3O3S/c1-5-27-20(3)29-22-12-16-25(17-13-22)31(24-10-8-7-9-11-24)26-18-14-23(15-19-26)30-21(4)28-6-2;2-1(3,4)8(5,6)7/h5-21H,1-2H2,3-4H3;(H,5,6,7)/q+1;/p-1. The number of hydrogen-bond acceptors (Lipinski definition) is 7. The molecular weight excluding hydrogens is 557 g/mol. The van der Waals surface area contributed by atoms with Crippen molar-refractivity contribution in [1.29, 1.82) is 0 Å². The molecule has 39 heavy (non-hydrogen) atoms. The van der Waals surface area contributed by atoms with Gasteiger partial charge in [-0.25, -0.2) is 8.42 Å². The Labute approximate surface area is 228 Å². The highest BCUT2D eigenvalue weighted by Crippen LogP contribution is 2.33. The van der Waals surface area contributed by atoms with Crippen LogP contribution in [0.3, 0.4) is 0 Å². The number of ether oxygens (including phenoxy) is 4. The van der Waals surface area contributed by atoms with Crippen LogP contribution in [0, 0.1) is 0 Å².